The molecular formula is C25H30N4O6. The van der Waals surface area contributed by atoms with Gasteiger partial charge >= 0.3 is 6.09 Å². The van der Waals surface area contributed by atoms with Crippen LogP contribution in [0.3, 0.4) is 0 Å². The second-order valence-electron chi connectivity index (χ2n) is 8.70. The van der Waals surface area contributed by atoms with Crippen LogP contribution >= 0.6 is 0 Å². The van der Waals surface area contributed by atoms with Gasteiger partial charge in [-0.2, -0.15) is 5.26 Å². The van der Waals surface area contributed by atoms with E-state index in [-0.39, 0.29) is 5.75 Å². The molecule has 2 rings (SSSR count). The van der Waals surface area contributed by atoms with Crippen LogP contribution < -0.4 is 15.4 Å². The van der Waals surface area contributed by atoms with Crippen LogP contribution in [0.1, 0.15) is 37.9 Å². The van der Waals surface area contributed by atoms with Crippen molar-refractivity contribution in [3.05, 3.63) is 53.6 Å². The zero-order chi connectivity index (χ0) is 26.2. The highest BCUT2D eigenvalue weighted by molar-refractivity contribution is 5.98. The number of hydrogen-bond acceptors (Lipinski definition) is 7. The predicted molar refractivity (Wildman–Crippen MR) is 129 cm³/mol. The van der Waals surface area contributed by atoms with Crippen molar-refractivity contribution in [3.63, 3.8) is 0 Å². The Balaban J connectivity index is 2.35. The zero-order valence-electron chi connectivity index (χ0n) is 20.4. The Morgan fingerprint density at radius 2 is 1.80 bits per heavy atom. The summed E-state index contributed by atoms with van der Waals surface area (Å²) in [5.41, 5.74) is 0.560. The molecule has 0 fully saturated rings. The fraction of sp³-hybridized carbons (Fsp3) is 0.360. The summed E-state index contributed by atoms with van der Waals surface area (Å²) < 4.78 is 10.3. The van der Waals surface area contributed by atoms with E-state index in [0.717, 1.165) is 4.90 Å². The molecular weight excluding hydrogens is 452 g/mol. The minimum absolute atomic E-state index is 0.0211. The number of phenolic OH excluding ortho intramolecular Hbond substituents is 1. The van der Waals surface area contributed by atoms with Gasteiger partial charge < -0.3 is 30.1 Å². The molecule has 0 saturated carbocycles. The highest BCUT2D eigenvalue weighted by Gasteiger charge is 2.32. The van der Waals surface area contributed by atoms with Crippen LogP contribution in [-0.2, 0) is 14.3 Å². The number of anilines is 1. The highest BCUT2D eigenvalue weighted by Crippen LogP contribution is 2.28. The lowest BCUT2D eigenvalue weighted by molar-refractivity contribution is -0.137. The van der Waals surface area contributed by atoms with Gasteiger partial charge in [0.1, 0.15) is 36.2 Å². The monoisotopic (exact) mass is 482 g/mol. The van der Waals surface area contributed by atoms with Gasteiger partial charge in [0.15, 0.2) is 0 Å². The van der Waals surface area contributed by atoms with E-state index in [0.29, 0.717) is 22.6 Å². The fourth-order valence-electron chi connectivity index (χ4n) is 3.17. The first-order valence-corrected chi connectivity index (χ1v) is 10.8. The Morgan fingerprint density at radius 1 is 1.14 bits per heavy atom. The number of amides is 3. The lowest BCUT2D eigenvalue weighted by atomic mass is 10.0. The van der Waals surface area contributed by atoms with Gasteiger partial charge in [-0.05, 0) is 75.2 Å². The summed E-state index contributed by atoms with van der Waals surface area (Å²) in [6.45, 7) is 5.79. The number of phenols is 1. The number of ether oxygens (including phenoxy) is 2. The molecule has 10 heteroatoms. The van der Waals surface area contributed by atoms with Crippen LogP contribution in [0.4, 0.5) is 10.5 Å². The summed E-state index contributed by atoms with van der Waals surface area (Å²) >= 11 is 0. The molecule has 0 radical (unpaired) electrons. The minimum atomic E-state index is -1.22. The summed E-state index contributed by atoms with van der Waals surface area (Å²) in [7, 11) is 1.52. The van der Waals surface area contributed by atoms with E-state index in [9.17, 15) is 24.8 Å². The number of alkyl carbamates (subject to hydrolysis) is 1. The molecule has 3 amide bonds. The quantitative estimate of drug-likeness (QED) is 0.490. The third-order valence-corrected chi connectivity index (χ3v) is 4.80. The first-order valence-electron chi connectivity index (χ1n) is 10.8. The Morgan fingerprint density at radius 3 is 2.34 bits per heavy atom. The molecule has 0 aromatic heterocycles. The molecule has 0 heterocycles. The van der Waals surface area contributed by atoms with Gasteiger partial charge in [0.05, 0.1) is 13.2 Å². The lowest BCUT2D eigenvalue weighted by Gasteiger charge is -2.30. The van der Waals surface area contributed by atoms with Crippen molar-refractivity contribution in [3.8, 4) is 17.6 Å². The minimum Gasteiger partial charge on any atom is -0.508 e. The van der Waals surface area contributed by atoms with Crippen molar-refractivity contribution in [2.24, 2.45) is 0 Å². The van der Waals surface area contributed by atoms with Gasteiger partial charge in [0, 0.05) is 5.69 Å². The van der Waals surface area contributed by atoms with Crippen molar-refractivity contribution >= 4 is 23.6 Å². The molecule has 0 aliphatic rings. The first-order chi connectivity index (χ1) is 16.4. The number of aryl methyl sites for hydroxylation is 1. The van der Waals surface area contributed by atoms with Crippen molar-refractivity contribution in [2.45, 2.75) is 39.3 Å². The molecule has 0 aliphatic heterocycles. The molecule has 3 N–H and O–H groups in total. The number of nitriles is 1. The number of methoxy groups -OCH3 is 1. The molecule has 10 nitrogen and oxygen atoms in total. The summed E-state index contributed by atoms with van der Waals surface area (Å²) in [5, 5.41) is 24.4. The first kappa shape index (κ1) is 27.0. The number of carbonyl (C=O) groups is 3. The lowest BCUT2D eigenvalue weighted by Crippen LogP contribution is -2.46. The molecule has 1 atom stereocenters. The Bertz CT molecular complexity index is 1100. The molecule has 0 spiro atoms. The van der Waals surface area contributed by atoms with Crippen LogP contribution in [0.25, 0.3) is 0 Å². The standard InChI is InChI=1S/C25H30N4O6/c1-16-14-17(6-11-20(16)30)22(23(32)28-18-7-9-19(34-5)10-8-18)29(13-12-26)21(31)15-27-24(33)35-25(2,3)4/h6-11,14,22,30H,13,15H2,1-5H3,(H,27,33)(H,28,32). The van der Waals surface area contributed by atoms with Crippen LogP contribution in [0, 0.1) is 18.3 Å². The SMILES string of the molecule is COc1ccc(NC(=O)C(c2ccc(O)c(C)c2)N(CC#N)C(=O)CNC(=O)OC(C)(C)C)cc1. The Hall–Kier alpha value is -4.26. The normalized spacial score (nSPS) is 11.5. The molecule has 0 saturated heterocycles. The van der Waals surface area contributed by atoms with Crippen molar-refractivity contribution in [2.75, 3.05) is 25.5 Å². The fourth-order valence-corrected chi connectivity index (χ4v) is 3.17. The van der Waals surface area contributed by atoms with E-state index < -0.39 is 42.6 Å². The molecule has 0 aliphatic carbocycles. The molecule has 0 bridgehead atoms. The molecule has 1 unspecified atom stereocenters. The number of nitrogens with one attached hydrogen (secondary N) is 2. The van der Waals surface area contributed by atoms with Crippen molar-refractivity contribution in [1.82, 2.24) is 10.2 Å². The average Bonchev–Trinajstić information content (AvgIpc) is 2.78. The molecule has 186 valence electrons. The maximum Gasteiger partial charge on any atom is 0.408 e. The average molecular weight is 483 g/mol. The molecule has 2 aromatic carbocycles. The van der Waals surface area contributed by atoms with Crippen molar-refractivity contribution < 1.29 is 29.0 Å². The summed E-state index contributed by atoms with van der Waals surface area (Å²) in [5.74, 6) is -0.629. The van der Waals surface area contributed by atoms with E-state index >= 15 is 0 Å². The van der Waals surface area contributed by atoms with Crippen LogP contribution in [0.15, 0.2) is 42.5 Å². The second kappa shape index (κ2) is 11.7. The van der Waals surface area contributed by atoms with Gasteiger partial charge in [-0.1, -0.05) is 6.07 Å². The van der Waals surface area contributed by atoms with Crippen molar-refractivity contribution in [1.29, 1.82) is 5.26 Å². The smallest absolute Gasteiger partial charge is 0.408 e. The van der Waals surface area contributed by atoms with Gasteiger partial charge in [-0.3, -0.25) is 9.59 Å². The number of benzene rings is 2. The number of hydrogen-bond donors (Lipinski definition) is 3. The van der Waals surface area contributed by atoms with Gasteiger partial charge in [-0.15, -0.1) is 0 Å². The Labute approximate surface area is 204 Å². The summed E-state index contributed by atoms with van der Waals surface area (Å²) in [6, 6.07) is 11.8. The second-order valence-corrected chi connectivity index (χ2v) is 8.70. The van der Waals surface area contributed by atoms with E-state index in [4.69, 9.17) is 9.47 Å². The zero-order valence-corrected chi connectivity index (χ0v) is 20.4. The third kappa shape index (κ3) is 7.92. The predicted octanol–water partition coefficient (Wildman–Crippen LogP) is 3.27. The van der Waals surface area contributed by atoms with Gasteiger partial charge in [0.2, 0.25) is 5.91 Å². The Kier molecular flexibility index (Phi) is 9.05. The van der Waals surface area contributed by atoms with Gasteiger partial charge in [-0.25, -0.2) is 4.79 Å². The number of rotatable bonds is 8. The summed E-state index contributed by atoms with van der Waals surface area (Å²) in [4.78, 5) is 39.5. The molecule has 35 heavy (non-hydrogen) atoms. The van der Waals surface area contributed by atoms with Gasteiger partial charge in [0.25, 0.3) is 5.91 Å². The third-order valence-electron chi connectivity index (χ3n) is 4.80. The highest BCUT2D eigenvalue weighted by atomic mass is 16.6. The van der Waals surface area contributed by atoms with Crippen LogP contribution in [-0.4, -0.2) is 53.7 Å². The molecule has 2 aromatic rings. The number of nitrogens with zero attached hydrogens (tertiary/aromatic N) is 2. The topological polar surface area (TPSA) is 141 Å². The largest absolute Gasteiger partial charge is 0.508 e. The van der Waals surface area contributed by atoms with E-state index in [1.54, 1.807) is 58.0 Å². The van der Waals surface area contributed by atoms with E-state index in [1.807, 2.05) is 6.07 Å². The van der Waals surface area contributed by atoms with Crippen LogP contribution in [0.5, 0.6) is 11.5 Å². The maximum absolute atomic E-state index is 13.4. The van der Waals surface area contributed by atoms with E-state index in [1.165, 1.54) is 19.2 Å². The van der Waals surface area contributed by atoms with E-state index in [2.05, 4.69) is 10.6 Å². The van der Waals surface area contributed by atoms with Crippen LogP contribution in [0.2, 0.25) is 0 Å². The maximum atomic E-state index is 13.4. The number of carbonyl (C=O) groups excluding carboxylic acids is 3. The number of aromatic hydroxyl groups is 1. The summed E-state index contributed by atoms with van der Waals surface area (Å²) in [6.07, 6.45) is -0.803.